The van der Waals surface area contributed by atoms with Crippen LogP contribution in [0, 0.1) is 5.92 Å². The number of fused-ring (bicyclic) bond motifs is 1. The van der Waals surface area contributed by atoms with Crippen molar-refractivity contribution >= 4 is 24.1 Å². The van der Waals surface area contributed by atoms with Crippen LogP contribution in [-0.4, -0.2) is 5.91 Å². The van der Waals surface area contributed by atoms with Crippen LogP contribution in [0.25, 0.3) is 18.2 Å². The Hall–Kier alpha value is -2.77. The van der Waals surface area contributed by atoms with Crippen molar-refractivity contribution in [2.75, 3.05) is 0 Å². The maximum atomic E-state index is 13.3. The van der Waals surface area contributed by atoms with Crippen molar-refractivity contribution in [3.05, 3.63) is 125 Å². The zero-order valence-corrected chi connectivity index (χ0v) is 28.3. The standard InChI is InChI=1S/C16H14.C13H25NO.C9H7.C2H4.Zr/c1-3-9-15(10-4-1)13-7-8-14-16-11-5-2-6-12-16;14-13(15)12-10-8-6-4-2-1-3-5-7-9-11-12;1-2-5-9-7-3-6-8(9)4-1;1-2;/h1-14H;12H,1-11H2,(H2,14,15);1-7H;1-2H2;/q;;;;+1/p-1. The molecular weight excluding hydrogens is 602 g/mol. The van der Waals surface area contributed by atoms with Crippen molar-refractivity contribution in [1.82, 2.24) is 3.26 Å². The quantitative estimate of drug-likeness (QED) is 0.264. The molecule has 2 fully saturated rings. The van der Waals surface area contributed by atoms with E-state index in [4.69, 9.17) is 0 Å². The summed E-state index contributed by atoms with van der Waals surface area (Å²) in [5, 5.41) is 0. The number of carbonyl (C=O) groups is 1. The molecule has 224 valence electrons. The summed E-state index contributed by atoms with van der Waals surface area (Å²) < 4.78 is 6.99. The Labute approximate surface area is 265 Å². The van der Waals surface area contributed by atoms with Crippen LogP contribution in [0.15, 0.2) is 103 Å². The Morgan fingerprint density at radius 2 is 1.12 bits per heavy atom. The average molecular weight is 651 g/mol. The first-order chi connectivity index (χ1) is 21.2. The first-order valence-electron chi connectivity index (χ1n) is 16.8. The monoisotopic (exact) mass is 649 g/mol. The molecule has 6 rings (SSSR count). The van der Waals surface area contributed by atoms with Crippen molar-refractivity contribution in [2.24, 2.45) is 5.92 Å². The topological polar surface area (TPSA) is 29.1 Å². The van der Waals surface area contributed by atoms with Gasteiger partial charge in [0, 0.05) is 0 Å². The Morgan fingerprint density at radius 1 is 0.628 bits per heavy atom. The summed E-state index contributed by atoms with van der Waals surface area (Å²) in [7, 11) is 0. The molecule has 0 radical (unpaired) electrons. The summed E-state index contributed by atoms with van der Waals surface area (Å²) >= 11 is -2.53. The van der Waals surface area contributed by atoms with Gasteiger partial charge in [0.1, 0.15) is 0 Å². The van der Waals surface area contributed by atoms with Gasteiger partial charge in [0.25, 0.3) is 0 Å². The van der Waals surface area contributed by atoms with Crippen LogP contribution in [0.3, 0.4) is 0 Å². The normalized spacial score (nSPS) is 20.4. The molecule has 2 nitrogen and oxygen atoms in total. The number of carbonyl (C=O) groups excluding carboxylic acids is 1. The Balaban J connectivity index is 0.000000196. The van der Waals surface area contributed by atoms with Crippen molar-refractivity contribution in [2.45, 2.75) is 82.5 Å². The van der Waals surface area contributed by atoms with Gasteiger partial charge in [-0.15, -0.1) is 0 Å². The molecule has 1 amide bonds. The van der Waals surface area contributed by atoms with E-state index in [1.54, 1.807) is 0 Å². The van der Waals surface area contributed by atoms with E-state index in [0.29, 0.717) is 9.53 Å². The minimum atomic E-state index is -2.53. The van der Waals surface area contributed by atoms with Gasteiger partial charge in [0.05, 0.1) is 0 Å². The number of hydrogen-bond donors (Lipinski definition) is 1. The molecule has 1 saturated carbocycles. The molecule has 2 aliphatic carbocycles. The second kappa shape index (κ2) is 16.9. The van der Waals surface area contributed by atoms with Crippen LogP contribution in [-0.2, 0) is 25.4 Å². The van der Waals surface area contributed by atoms with Crippen LogP contribution in [0.4, 0.5) is 0 Å². The van der Waals surface area contributed by atoms with Crippen molar-refractivity contribution < 1.29 is 25.4 Å². The van der Waals surface area contributed by atoms with Crippen LogP contribution in [0.2, 0.25) is 8.26 Å². The fraction of sp³-hybridized carbons (Fsp3) is 0.375. The van der Waals surface area contributed by atoms with Crippen molar-refractivity contribution in [3.63, 3.8) is 0 Å². The molecule has 1 atom stereocenters. The Kier molecular flexibility index (Phi) is 12.4. The predicted octanol–water partition coefficient (Wildman–Crippen LogP) is 11.1. The van der Waals surface area contributed by atoms with E-state index in [9.17, 15) is 4.79 Å². The molecule has 1 saturated heterocycles. The second-order valence-corrected chi connectivity index (χ2v) is 22.9. The number of hydrogen-bond acceptors (Lipinski definition) is 1. The number of rotatable bonds is 6. The predicted molar refractivity (Wildman–Crippen MR) is 181 cm³/mol. The molecule has 0 aromatic heterocycles. The molecule has 3 aliphatic rings. The van der Waals surface area contributed by atoms with Crippen LogP contribution in [0.1, 0.15) is 96.5 Å². The van der Waals surface area contributed by atoms with Gasteiger partial charge >= 0.3 is 170 Å². The third-order valence-corrected chi connectivity index (χ3v) is 19.2. The van der Waals surface area contributed by atoms with E-state index in [1.807, 2.05) is 36.4 Å². The molecule has 43 heavy (non-hydrogen) atoms. The average Bonchev–Trinajstić information content (AvgIpc) is 3.68. The summed E-state index contributed by atoms with van der Waals surface area (Å²) in [4.78, 5) is 13.3. The third-order valence-electron chi connectivity index (χ3n) is 9.32. The maximum absolute atomic E-state index is 13.3. The molecule has 1 unspecified atom stereocenters. The van der Waals surface area contributed by atoms with Gasteiger partial charge in [-0.1, -0.05) is 85.0 Å². The molecule has 3 heteroatoms. The zero-order valence-electron chi connectivity index (χ0n) is 25.8. The number of benzene rings is 3. The van der Waals surface area contributed by atoms with Crippen molar-refractivity contribution in [1.29, 1.82) is 0 Å². The number of amides is 1. The van der Waals surface area contributed by atoms with E-state index in [-0.39, 0.29) is 5.92 Å². The van der Waals surface area contributed by atoms with E-state index in [0.717, 1.165) is 12.8 Å². The number of allylic oxidation sites excluding steroid dienone is 3. The molecule has 0 spiro atoms. The van der Waals surface area contributed by atoms with Gasteiger partial charge < -0.3 is 0 Å². The second-order valence-electron chi connectivity index (χ2n) is 12.6. The van der Waals surface area contributed by atoms with Gasteiger partial charge in [-0.2, -0.15) is 0 Å². The summed E-state index contributed by atoms with van der Waals surface area (Å²) in [6, 6.07) is 29.4. The van der Waals surface area contributed by atoms with Gasteiger partial charge in [0.15, 0.2) is 0 Å². The van der Waals surface area contributed by atoms with Gasteiger partial charge in [-0.25, -0.2) is 0 Å². The van der Waals surface area contributed by atoms with E-state index < -0.39 is 20.6 Å². The Bertz CT molecular complexity index is 1300. The molecule has 0 bridgehead atoms. The third kappa shape index (κ3) is 9.87. The summed E-state index contributed by atoms with van der Waals surface area (Å²) in [5.41, 5.74) is 5.32. The van der Waals surface area contributed by atoms with E-state index in [2.05, 4.69) is 88.2 Å². The van der Waals surface area contributed by atoms with E-state index in [1.165, 1.54) is 88.3 Å². The van der Waals surface area contributed by atoms with Gasteiger partial charge in [-0.3, -0.25) is 0 Å². The molecular formula is C40H49NOZr. The SMILES string of the molecule is C(C=Cc1ccccc1)=Cc1ccccc1.O=C([NH][Zr]1([CH]2C=Cc3ccccc32)[CH2][CH2]1)C1CCCCCCCCCCC1. The van der Waals surface area contributed by atoms with Crippen molar-refractivity contribution in [3.8, 4) is 0 Å². The van der Waals surface area contributed by atoms with Crippen LogP contribution >= 0.6 is 0 Å². The molecule has 1 aliphatic heterocycles. The minimum absolute atomic E-state index is 0.277. The first kappa shape index (κ1) is 31.7. The zero-order chi connectivity index (χ0) is 29.6. The first-order valence-corrected chi connectivity index (χ1v) is 22.9. The molecule has 3 aromatic carbocycles. The fourth-order valence-corrected chi connectivity index (χ4v) is 18.7. The fourth-order valence-electron chi connectivity index (χ4n) is 6.61. The summed E-state index contributed by atoms with van der Waals surface area (Å²) in [5.74, 6) is 0.706. The van der Waals surface area contributed by atoms with E-state index >= 15 is 0 Å². The molecule has 1 N–H and O–H groups in total. The number of nitrogens with one attached hydrogen (secondary N) is 1. The van der Waals surface area contributed by atoms with Crippen LogP contribution in [0.5, 0.6) is 0 Å². The van der Waals surface area contributed by atoms with Crippen LogP contribution < -0.4 is 3.26 Å². The van der Waals surface area contributed by atoms with Gasteiger partial charge in [0.2, 0.25) is 0 Å². The van der Waals surface area contributed by atoms with Gasteiger partial charge in [-0.05, 0) is 11.1 Å². The summed E-state index contributed by atoms with van der Waals surface area (Å²) in [6.45, 7) is 0. The molecule has 1 heterocycles. The molecule has 3 aromatic rings. The summed E-state index contributed by atoms with van der Waals surface area (Å²) in [6.07, 6.45) is 27.3. The Morgan fingerprint density at radius 3 is 1.65 bits per heavy atom.